The molecule has 1 aliphatic carbocycles. The first kappa shape index (κ1) is 24.1. The fourth-order valence-electron chi connectivity index (χ4n) is 5.61. The van der Waals surface area contributed by atoms with Crippen LogP contribution in [0, 0.1) is 19.8 Å². The number of carbonyl (C=O) groups excluding carboxylic acids is 1. The van der Waals surface area contributed by atoms with Gasteiger partial charge in [-0.15, -0.1) is 0 Å². The fourth-order valence-corrected chi connectivity index (χ4v) is 5.61. The third kappa shape index (κ3) is 5.91. The Balaban J connectivity index is 1.43. The number of aromatic nitrogens is 2. The lowest BCUT2D eigenvalue weighted by Gasteiger charge is -2.33. The molecule has 1 aliphatic heterocycles. The van der Waals surface area contributed by atoms with Crippen molar-refractivity contribution in [2.24, 2.45) is 5.92 Å². The van der Waals surface area contributed by atoms with E-state index in [1.54, 1.807) is 0 Å². The van der Waals surface area contributed by atoms with Crippen LogP contribution in [0.5, 0.6) is 0 Å². The van der Waals surface area contributed by atoms with E-state index in [2.05, 4.69) is 47.7 Å². The molecule has 1 aromatic heterocycles. The molecule has 2 aliphatic rings. The summed E-state index contributed by atoms with van der Waals surface area (Å²) in [4.78, 5) is 20.3. The highest BCUT2D eigenvalue weighted by atomic mass is 16.1. The average Bonchev–Trinajstić information content (AvgIpc) is 3.45. The van der Waals surface area contributed by atoms with Crippen LogP contribution in [-0.4, -0.2) is 34.6 Å². The lowest BCUT2D eigenvalue weighted by Crippen LogP contribution is -2.43. The van der Waals surface area contributed by atoms with Crippen molar-refractivity contribution < 1.29 is 4.79 Å². The van der Waals surface area contributed by atoms with Crippen molar-refractivity contribution in [3.8, 4) is 0 Å². The van der Waals surface area contributed by atoms with Crippen LogP contribution in [0.3, 0.4) is 0 Å². The second-order valence-corrected chi connectivity index (χ2v) is 10.5. The molecule has 0 atom stereocenters. The summed E-state index contributed by atoms with van der Waals surface area (Å²) in [5, 5.41) is 3.32. The van der Waals surface area contributed by atoms with E-state index in [1.807, 2.05) is 0 Å². The highest BCUT2D eigenvalue weighted by Crippen LogP contribution is 2.30. The number of hydrogen-bond donors (Lipinski definition) is 1. The number of unbranched alkanes of at least 4 members (excludes halogenated alkanes) is 5. The van der Waals surface area contributed by atoms with Crippen LogP contribution < -0.4 is 10.2 Å². The van der Waals surface area contributed by atoms with Gasteiger partial charge in [-0.1, -0.05) is 51.9 Å². The Bertz CT molecular complexity index is 920. The van der Waals surface area contributed by atoms with Gasteiger partial charge in [0.15, 0.2) is 0 Å². The van der Waals surface area contributed by atoms with E-state index in [1.165, 1.54) is 68.0 Å². The molecule has 2 fully saturated rings. The first-order chi connectivity index (χ1) is 16.1. The van der Waals surface area contributed by atoms with E-state index in [0.717, 1.165) is 56.8 Å². The molecule has 2 aromatic rings. The predicted octanol–water partition coefficient (Wildman–Crippen LogP) is 6.29. The van der Waals surface area contributed by atoms with Crippen molar-refractivity contribution >= 4 is 22.9 Å². The topological polar surface area (TPSA) is 50.2 Å². The number of carbonyl (C=O) groups is 1. The maximum absolute atomic E-state index is 12.8. The van der Waals surface area contributed by atoms with Gasteiger partial charge in [0.2, 0.25) is 11.9 Å². The zero-order valence-corrected chi connectivity index (χ0v) is 21.2. The number of aryl methyl sites for hydroxylation is 3. The van der Waals surface area contributed by atoms with Gasteiger partial charge in [0.1, 0.15) is 0 Å². The monoisotopic (exact) mass is 452 g/mol. The lowest BCUT2D eigenvalue weighted by molar-refractivity contribution is -0.126. The van der Waals surface area contributed by atoms with Crippen molar-refractivity contribution in [3.05, 3.63) is 23.3 Å². The van der Waals surface area contributed by atoms with E-state index < -0.39 is 0 Å². The van der Waals surface area contributed by atoms with Crippen LogP contribution in [0.25, 0.3) is 11.0 Å². The Morgan fingerprint density at radius 3 is 2.36 bits per heavy atom. The van der Waals surface area contributed by atoms with Crippen LogP contribution >= 0.6 is 0 Å². The van der Waals surface area contributed by atoms with Gasteiger partial charge in [0, 0.05) is 31.6 Å². The Labute approximate surface area is 200 Å². The summed E-state index contributed by atoms with van der Waals surface area (Å²) >= 11 is 0. The van der Waals surface area contributed by atoms with E-state index in [9.17, 15) is 4.79 Å². The van der Waals surface area contributed by atoms with Gasteiger partial charge in [0.05, 0.1) is 11.0 Å². The van der Waals surface area contributed by atoms with Gasteiger partial charge in [-0.2, -0.15) is 0 Å². The quantitative estimate of drug-likeness (QED) is 0.431. The summed E-state index contributed by atoms with van der Waals surface area (Å²) in [6.07, 6.45) is 14.5. The minimum absolute atomic E-state index is 0.155. The standard InChI is InChI=1S/C28H44N4O/c1-4-5-6-7-8-11-16-32-26-20-22(3)21(2)19-25(26)30-28(32)31-17-14-23(15-18-31)27(33)29-24-12-9-10-13-24/h19-20,23-24H,4-18H2,1-3H3,(H,29,33). The third-order valence-electron chi connectivity index (χ3n) is 7.93. The fraction of sp³-hybridized carbons (Fsp3) is 0.714. The second-order valence-electron chi connectivity index (χ2n) is 10.5. The van der Waals surface area contributed by atoms with Crippen LogP contribution in [0.4, 0.5) is 5.95 Å². The summed E-state index contributed by atoms with van der Waals surface area (Å²) in [5.74, 6) is 1.55. The number of imidazole rings is 1. The number of nitrogens with zero attached hydrogens (tertiary/aromatic N) is 3. The summed E-state index contributed by atoms with van der Waals surface area (Å²) in [5.41, 5.74) is 5.02. The van der Waals surface area contributed by atoms with E-state index >= 15 is 0 Å². The summed E-state index contributed by atoms with van der Waals surface area (Å²) in [6.45, 7) is 9.51. The molecule has 182 valence electrons. The van der Waals surface area contributed by atoms with Crippen molar-refractivity contribution in [2.75, 3.05) is 18.0 Å². The van der Waals surface area contributed by atoms with E-state index in [-0.39, 0.29) is 11.8 Å². The number of nitrogens with one attached hydrogen (secondary N) is 1. The van der Waals surface area contributed by atoms with Crippen LogP contribution in [0.1, 0.15) is 95.1 Å². The summed E-state index contributed by atoms with van der Waals surface area (Å²) in [7, 11) is 0. The number of fused-ring (bicyclic) bond motifs is 1. The predicted molar refractivity (Wildman–Crippen MR) is 138 cm³/mol. The van der Waals surface area contributed by atoms with Crippen LogP contribution in [-0.2, 0) is 11.3 Å². The Morgan fingerprint density at radius 1 is 0.970 bits per heavy atom. The molecular formula is C28H44N4O. The normalized spacial score (nSPS) is 17.8. The zero-order valence-electron chi connectivity index (χ0n) is 21.2. The molecule has 0 radical (unpaired) electrons. The van der Waals surface area contributed by atoms with Crippen molar-refractivity contribution in [1.29, 1.82) is 0 Å². The van der Waals surface area contributed by atoms with Crippen LogP contribution in [0.2, 0.25) is 0 Å². The molecule has 1 amide bonds. The maximum Gasteiger partial charge on any atom is 0.223 e. The lowest BCUT2D eigenvalue weighted by atomic mass is 9.95. The SMILES string of the molecule is CCCCCCCCn1c(N2CCC(C(=O)NC3CCCC3)CC2)nc2cc(C)c(C)cc21. The highest BCUT2D eigenvalue weighted by molar-refractivity contribution is 5.81. The molecule has 2 heterocycles. The maximum atomic E-state index is 12.8. The Morgan fingerprint density at radius 2 is 1.64 bits per heavy atom. The van der Waals surface area contributed by atoms with Gasteiger partial charge < -0.3 is 14.8 Å². The second kappa shape index (κ2) is 11.4. The first-order valence-corrected chi connectivity index (χ1v) is 13.6. The molecule has 0 spiro atoms. The minimum Gasteiger partial charge on any atom is -0.353 e. The van der Waals surface area contributed by atoms with Gasteiger partial charge in [-0.05, 0) is 69.2 Å². The number of benzene rings is 1. The number of amides is 1. The Kier molecular flexibility index (Phi) is 8.32. The van der Waals surface area contributed by atoms with E-state index in [0.29, 0.717) is 6.04 Å². The molecule has 5 heteroatoms. The smallest absolute Gasteiger partial charge is 0.223 e. The highest BCUT2D eigenvalue weighted by Gasteiger charge is 2.29. The molecule has 5 nitrogen and oxygen atoms in total. The number of rotatable bonds is 10. The minimum atomic E-state index is 0.155. The molecule has 4 rings (SSSR count). The molecule has 33 heavy (non-hydrogen) atoms. The number of hydrogen-bond acceptors (Lipinski definition) is 3. The number of anilines is 1. The molecule has 1 aromatic carbocycles. The van der Waals surface area contributed by atoms with Crippen LogP contribution in [0.15, 0.2) is 12.1 Å². The molecule has 1 saturated heterocycles. The molecule has 1 N–H and O–H groups in total. The molecule has 0 bridgehead atoms. The zero-order chi connectivity index (χ0) is 23.2. The van der Waals surface area contributed by atoms with E-state index in [4.69, 9.17) is 4.98 Å². The van der Waals surface area contributed by atoms with Crippen molar-refractivity contribution in [1.82, 2.24) is 14.9 Å². The van der Waals surface area contributed by atoms with Gasteiger partial charge in [0.25, 0.3) is 0 Å². The third-order valence-corrected chi connectivity index (χ3v) is 7.93. The van der Waals surface area contributed by atoms with Gasteiger partial charge in [-0.3, -0.25) is 4.79 Å². The Hall–Kier alpha value is -2.04. The summed E-state index contributed by atoms with van der Waals surface area (Å²) < 4.78 is 2.46. The number of piperidine rings is 1. The largest absolute Gasteiger partial charge is 0.353 e. The van der Waals surface area contributed by atoms with Crippen molar-refractivity contribution in [2.45, 2.75) is 110 Å². The van der Waals surface area contributed by atoms with Crippen molar-refractivity contribution in [3.63, 3.8) is 0 Å². The molecule has 0 unspecified atom stereocenters. The first-order valence-electron chi connectivity index (χ1n) is 13.6. The average molecular weight is 453 g/mol. The summed E-state index contributed by atoms with van der Waals surface area (Å²) in [6, 6.07) is 4.98. The molecular weight excluding hydrogens is 408 g/mol. The van der Waals surface area contributed by atoms with Gasteiger partial charge >= 0.3 is 0 Å². The molecule has 1 saturated carbocycles. The van der Waals surface area contributed by atoms with Gasteiger partial charge in [-0.25, -0.2) is 4.98 Å².